The number of esters is 1. The van der Waals surface area contributed by atoms with E-state index in [9.17, 15) is 9.59 Å². The van der Waals surface area contributed by atoms with Crippen molar-refractivity contribution in [3.63, 3.8) is 0 Å². The molecule has 1 heterocycles. The van der Waals surface area contributed by atoms with Crippen LogP contribution in [0, 0.1) is 0 Å². The van der Waals surface area contributed by atoms with Gasteiger partial charge in [-0.2, -0.15) is 0 Å². The summed E-state index contributed by atoms with van der Waals surface area (Å²) in [6, 6.07) is 4.66. The fourth-order valence-corrected chi connectivity index (χ4v) is 2.91. The number of hydrogen-bond donors (Lipinski definition) is 1. The van der Waals surface area contributed by atoms with Gasteiger partial charge in [0.15, 0.2) is 23.4 Å². The van der Waals surface area contributed by atoms with Crippen LogP contribution >= 0.6 is 34.8 Å². The molecule has 1 aromatic carbocycles. The SMILES string of the molecule is COc1cc(C=CC(=O)OC(C)C(=O)Nc2ncc(Cl)cc2Cl)cc(Cl)c1OC. The molecular formula is C19H17Cl3N2O5. The molecule has 1 atom stereocenters. The molecule has 0 radical (unpaired) electrons. The zero-order valence-corrected chi connectivity index (χ0v) is 17.9. The predicted octanol–water partition coefficient (Wildman–Crippen LogP) is 4.64. The second-order valence-corrected chi connectivity index (χ2v) is 6.87. The number of carbonyl (C=O) groups excluding carboxylic acids is 2. The van der Waals surface area contributed by atoms with Crippen molar-refractivity contribution in [2.75, 3.05) is 19.5 Å². The number of benzene rings is 1. The second kappa shape index (κ2) is 10.3. The lowest BCUT2D eigenvalue weighted by Crippen LogP contribution is -2.29. The molecule has 10 heteroatoms. The van der Waals surface area contributed by atoms with Gasteiger partial charge < -0.3 is 19.5 Å². The number of anilines is 1. The minimum atomic E-state index is -1.09. The summed E-state index contributed by atoms with van der Waals surface area (Å²) in [5, 5.41) is 3.27. The number of halogens is 3. The van der Waals surface area contributed by atoms with Crippen LogP contribution < -0.4 is 14.8 Å². The average molecular weight is 460 g/mol. The molecule has 0 aliphatic heterocycles. The molecule has 0 fully saturated rings. The number of methoxy groups -OCH3 is 2. The summed E-state index contributed by atoms with van der Waals surface area (Å²) < 4.78 is 15.4. The van der Waals surface area contributed by atoms with E-state index in [1.54, 1.807) is 12.1 Å². The summed E-state index contributed by atoms with van der Waals surface area (Å²) in [5.74, 6) is -0.424. The van der Waals surface area contributed by atoms with Crippen molar-refractivity contribution in [3.8, 4) is 11.5 Å². The monoisotopic (exact) mass is 458 g/mol. The molecule has 1 unspecified atom stereocenters. The molecule has 0 spiro atoms. The highest BCUT2D eigenvalue weighted by Gasteiger charge is 2.18. The minimum Gasteiger partial charge on any atom is -0.493 e. The Labute approximate surface area is 182 Å². The van der Waals surface area contributed by atoms with Gasteiger partial charge >= 0.3 is 5.97 Å². The molecule has 0 aliphatic rings. The lowest BCUT2D eigenvalue weighted by atomic mass is 10.2. The number of ether oxygens (including phenoxy) is 3. The van der Waals surface area contributed by atoms with Crippen LogP contribution in [0.25, 0.3) is 6.08 Å². The Kier molecular flexibility index (Phi) is 8.13. The van der Waals surface area contributed by atoms with Crippen LogP contribution in [0.15, 0.2) is 30.5 Å². The third kappa shape index (κ3) is 6.25. The Bertz CT molecular complexity index is 950. The molecule has 1 N–H and O–H groups in total. The largest absolute Gasteiger partial charge is 0.493 e. The van der Waals surface area contributed by atoms with Crippen molar-refractivity contribution < 1.29 is 23.8 Å². The minimum absolute atomic E-state index is 0.111. The molecular weight excluding hydrogens is 443 g/mol. The normalized spacial score (nSPS) is 11.8. The number of nitrogens with zero attached hydrogens (tertiary/aromatic N) is 1. The molecule has 0 bridgehead atoms. The van der Waals surface area contributed by atoms with Gasteiger partial charge in [0.1, 0.15) is 0 Å². The van der Waals surface area contributed by atoms with E-state index in [-0.39, 0.29) is 10.8 Å². The van der Waals surface area contributed by atoms with Crippen molar-refractivity contribution in [3.05, 3.63) is 51.1 Å². The highest BCUT2D eigenvalue weighted by molar-refractivity contribution is 6.36. The molecule has 2 rings (SSSR count). The van der Waals surface area contributed by atoms with Gasteiger partial charge in [-0.15, -0.1) is 0 Å². The number of aromatic nitrogens is 1. The van der Waals surface area contributed by atoms with Crippen LogP contribution in [0.2, 0.25) is 15.1 Å². The van der Waals surface area contributed by atoms with E-state index in [1.807, 2.05) is 0 Å². The van der Waals surface area contributed by atoms with Gasteiger partial charge in [0, 0.05) is 12.3 Å². The molecule has 154 valence electrons. The lowest BCUT2D eigenvalue weighted by molar-refractivity contribution is -0.148. The number of hydrogen-bond acceptors (Lipinski definition) is 6. The van der Waals surface area contributed by atoms with Crippen molar-refractivity contribution in [2.45, 2.75) is 13.0 Å². The van der Waals surface area contributed by atoms with E-state index in [0.717, 1.165) is 6.08 Å². The summed E-state index contributed by atoms with van der Waals surface area (Å²) in [6.45, 7) is 1.41. The van der Waals surface area contributed by atoms with Gasteiger partial charge in [0.2, 0.25) is 0 Å². The highest BCUT2D eigenvalue weighted by Crippen LogP contribution is 2.36. The van der Waals surface area contributed by atoms with Gasteiger partial charge in [-0.05, 0) is 36.8 Å². The molecule has 1 amide bonds. The maximum Gasteiger partial charge on any atom is 0.331 e. The third-order valence-corrected chi connectivity index (χ3v) is 4.35. The smallest absolute Gasteiger partial charge is 0.331 e. The van der Waals surface area contributed by atoms with Crippen LogP contribution in [0.5, 0.6) is 11.5 Å². The van der Waals surface area contributed by atoms with Crippen LogP contribution in [-0.4, -0.2) is 37.2 Å². The van der Waals surface area contributed by atoms with E-state index in [4.69, 9.17) is 49.0 Å². The summed E-state index contributed by atoms with van der Waals surface area (Å²) in [7, 11) is 2.94. The summed E-state index contributed by atoms with van der Waals surface area (Å²) in [4.78, 5) is 28.1. The number of amides is 1. The first-order chi connectivity index (χ1) is 13.7. The van der Waals surface area contributed by atoms with E-state index in [1.165, 1.54) is 39.5 Å². The molecule has 7 nitrogen and oxygen atoms in total. The summed E-state index contributed by atoms with van der Waals surface area (Å²) in [5.41, 5.74) is 0.582. The van der Waals surface area contributed by atoms with Crippen molar-refractivity contribution >= 4 is 58.6 Å². The first-order valence-corrected chi connectivity index (χ1v) is 9.30. The fraction of sp³-hybridized carbons (Fsp3) is 0.211. The standard InChI is InChI=1S/C19H17Cl3N2O5/c1-10(19(26)24-18-14(22)8-12(20)9-23-18)29-16(25)5-4-11-6-13(21)17(28-3)15(7-11)27-2/h4-10H,1-3H3,(H,23,24,26). The first-order valence-electron chi connectivity index (χ1n) is 8.17. The van der Waals surface area contributed by atoms with Crippen molar-refractivity contribution in [1.29, 1.82) is 0 Å². The van der Waals surface area contributed by atoms with Crippen LogP contribution in [0.1, 0.15) is 12.5 Å². The second-order valence-electron chi connectivity index (χ2n) is 5.62. The van der Waals surface area contributed by atoms with Crippen molar-refractivity contribution in [1.82, 2.24) is 4.98 Å². The van der Waals surface area contributed by atoms with E-state index < -0.39 is 18.0 Å². The van der Waals surface area contributed by atoms with Gasteiger partial charge in [-0.1, -0.05) is 34.8 Å². The van der Waals surface area contributed by atoms with E-state index in [0.29, 0.717) is 27.1 Å². The number of carbonyl (C=O) groups is 2. The zero-order chi connectivity index (χ0) is 21.6. The molecule has 0 saturated carbocycles. The predicted molar refractivity (Wildman–Crippen MR) is 112 cm³/mol. The summed E-state index contributed by atoms with van der Waals surface area (Å²) >= 11 is 17.8. The number of pyridine rings is 1. The quantitative estimate of drug-likeness (QED) is 0.479. The van der Waals surface area contributed by atoms with E-state index in [2.05, 4.69) is 10.3 Å². The Balaban J connectivity index is 2.00. The average Bonchev–Trinajstić information content (AvgIpc) is 2.67. The Morgan fingerprint density at radius 2 is 1.83 bits per heavy atom. The molecule has 29 heavy (non-hydrogen) atoms. The Morgan fingerprint density at radius 1 is 1.10 bits per heavy atom. The van der Waals surface area contributed by atoms with Crippen LogP contribution in [-0.2, 0) is 14.3 Å². The lowest BCUT2D eigenvalue weighted by Gasteiger charge is -2.13. The highest BCUT2D eigenvalue weighted by atomic mass is 35.5. The zero-order valence-electron chi connectivity index (χ0n) is 15.7. The fourth-order valence-electron chi connectivity index (χ4n) is 2.19. The topological polar surface area (TPSA) is 86.8 Å². The number of nitrogens with one attached hydrogen (secondary N) is 1. The van der Waals surface area contributed by atoms with Gasteiger partial charge in [-0.25, -0.2) is 9.78 Å². The molecule has 1 aromatic heterocycles. The van der Waals surface area contributed by atoms with Crippen molar-refractivity contribution in [2.24, 2.45) is 0 Å². The molecule has 0 saturated heterocycles. The van der Waals surface area contributed by atoms with Gasteiger partial charge in [0.05, 0.1) is 29.3 Å². The third-order valence-electron chi connectivity index (χ3n) is 3.58. The van der Waals surface area contributed by atoms with Gasteiger partial charge in [-0.3, -0.25) is 4.79 Å². The van der Waals surface area contributed by atoms with Gasteiger partial charge in [0.25, 0.3) is 5.91 Å². The molecule has 0 aliphatic carbocycles. The van der Waals surface area contributed by atoms with Crippen LogP contribution in [0.3, 0.4) is 0 Å². The maximum absolute atomic E-state index is 12.2. The molecule has 2 aromatic rings. The first kappa shape index (κ1) is 22.8. The Morgan fingerprint density at radius 3 is 2.45 bits per heavy atom. The Hall–Kier alpha value is -2.48. The summed E-state index contributed by atoms with van der Waals surface area (Å²) in [6.07, 6.45) is 2.87. The van der Waals surface area contributed by atoms with Crippen LogP contribution in [0.4, 0.5) is 5.82 Å². The van der Waals surface area contributed by atoms with E-state index >= 15 is 0 Å². The maximum atomic E-state index is 12.2. The number of rotatable bonds is 7.